The van der Waals surface area contributed by atoms with Gasteiger partial charge in [-0.1, -0.05) is 6.07 Å². The second kappa shape index (κ2) is 5.79. The number of thiophene rings is 1. The summed E-state index contributed by atoms with van der Waals surface area (Å²) in [6.07, 6.45) is -5.34. The zero-order valence-electron chi connectivity index (χ0n) is 10.1. The Labute approximate surface area is 134 Å². The fourth-order valence-electron chi connectivity index (χ4n) is 1.87. The molecule has 20 heavy (non-hydrogen) atoms. The maximum atomic E-state index is 12.6. The molecule has 0 bridgehead atoms. The van der Waals surface area contributed by atoms with Crippen LogP contribution in [0, 0.1) is 6.92 Å². The molecule has 1 unspecified atom stereocenters. The highest BCUT2D eigenvalue weighted by Gasteiger charge is 2.31. The van der Waals surface area contributed by atoms with Crippen molar-refractivity contribution in [1.29, 1.82) is 0 Å². The lowest BCUT2D eigenvalue weighted by Crippen LogP contribution is -2.08. The molecule has 0 saturated heterocycles. The van der Waals surface area contributed by atoms with Gasteiger partial charge in [-0.3, -0.25) is 0 Å². The van der Waals surface area contributed by atoms with Crippen LogP contribution in [0.2, 0.25) is 0 Å². The van der Waals surface area contributed by atoms with Gasteiger partial charge in [0.1, 0.15) is 6.10 Å². The molecule has 0 saturated carbocycles. The number of rotatable bonds is 2. The van der Waals surface area contributed by atoms with Crippen LogP contribution in [-0.2, 0) is 6.18 Å². The van der Waals surface area contributed by atoms with E-state index in [1.165, 1.54) is 17.4 Å². The zero-order chi connectivity index (χ0) is 15.1. The summed E-state index contributed by atoms with van der Waals surface area (Å²) in [5.41, 5.74) is 0.784. The van der Waals surface area contributed by atoms with Crippen LogP contribution in [0.5, 0.6) is 0 Å². The van der Waals surface area contributed by atoms with E-state index in [0.717, 1.165) is 19.7 Å². The van der Waals surface area contributed by atoms with Crippen molar-refractivity contribution in [2.24, 2.45) is 0 Å². The minimum absolute atomic E-state index is 0.404. The monoisotopic (exact) mass is 428 g/mol. The molecular weight excluding hydrogens is 421 g/mol. The van der Waals surface area contributed by atoms with E-state index in [2.05, 4.69) is 31.9 Å². The number of hydrogen-bond acceptors (Lipinski definition) is 2. The second-order valence-electron chi connectivity index (χ2n) is 4.25. The van der Waals surface area contributed by atoms with Gasteiger partial charge in [0.05, 0.1) is 13.1 Å². The van der Waals surface area contributed by atoms with Crippen LogP contribution in [-0.4, -0.2) is 5.11 Å². The first-order valence-electron chi connectivity index (χ1n) is 5.50. The van der Waals surface area contributed by atoms with Crippen LogP contribution in [0.25, 0.3) is 0 Å². The molecule has 0 aliphatic rings. The second-order valence-corrected chi connectivity index (χ2v) is 8.00. The van der Waals surface area contributed by atoms with Crippen LogP contribution in [0.4, 0.5) is 13.2 Å². The highest BCUT2D eigenvalue weighted by molar-refractivity contribution is 9.12. The number of aliphatic hydroxyl groups excluding tert-OH is 1. The minimum Gasteiger partial charge on any atom is -0.384 e. The summed E-state index contributed by atoms with van der Waals surface area (Å²) < 4.78 is 39.4. The van der Waals surface area contributed by atoms with Gasteiger partial charge in [0, 0.05) is 5.56 Å². The van der Waals surface area contributed by atoms with Crippen LogP contribution in [0.3, 0.4) is 0 Å². The van der Waals surface area contributed by atoms with Gasteiger partial charge in [-0.2, -0.15) is 13.2 Å². The molecule has 0 radical (unpaired) electrons. The fraction of sp³-hybridized carbons (Fsp3) is 0.231. The predicted molar refractivity (Wildman–Crippen MR) is 80.0 cm³/mol. The molecule has 1 aromatic carbocycles. The molecule has 1 atom stereocenters. The molecule has 1 N–H and O–H groups in total. The quantitative estimate of drug-likeness (QED) is 0.650. The van der Waals surface area contributed by atoms with Crippen molar-refractivity contribution in [1.82, 2.24) is 0 Å². The number of hydrogen-bond donors (Lipinski definition) is 1. The summed E-state index contributed by atoms with van der Waals surface area (Å²) in [7, 11) is 0. The Kier molecular flexibility index (Phi) is 4.63. The third kappa shape index (κ3) is 3.27. The molecule has 1 heterocycles. The van der Waals surface area contributed by atoms with Crippen molar-refractivity contribution in [3.8, 4) is 0 Å². The lowest BCUT2D eigenvalue weighted by molar-refractivity contribution is -0.137. The van der Waals surface area contributed by atoms with E-state index < -0.39 is 17.8 Å². The van der Waals surface area contributed by atoms with Crippen molar-refractivity contribution in [3.05, 3.63) is 54.1 Å². The predicted octanol–water partition coefficient (Wildman–Crippen LogP) is 5.68. The van der Waals surface area contributed by atoms with E-state index >= 15 is 0 Å². The standard InChI is InChI=1S/C13H9Br2F3OS/c1-6-4-7(13(16,17)18)2-3-8(6)11(19)9-5-10(14)20-12(9)15/h2-5,11,19H,1H3. The Balaban J connectivity index is 2.41. The van der Waals surface area contributed by atoms with Crippen LogP contribution in [0.15, 0.2) is 31.8 Å². The highest BCUT2D eigenvalue weighted by Crippen LogP contribution is 2.39. The van der Waals surface area contributed by atoms with Crippen LogP contribution in [0.1, 0.15) is 28.4 Å². The maximum absolute atomic E-state index is 12.6. The molecule has 7 heteroatoms. The van der Waals surface area contributed by atoms with Crippen molar-refractivity contribution < 1.29 is 18.3 Å². The third-order valence-corrected chi connectivity index (χ3v) is 5.26. The lowest BCUT2D eigenvalue weighted by atomic mass is 9.97. The fourth-order valence-corrected chi connectivity index (χ4v) is 4.75. The molecule has 0 aliphatic carbocycles. The van der Waals surface area contributed by atoms with E-state index in [9.17, 15) is 18.3 Å². The topological polar surface area (TPSA) is 20.2 Å². The van der Waals surface area contributed by atoms with E-state index in [1.54, 1.807) is 13.0 Å². The number of halogens is 5. The van der Waals surface area contributed by atoms with Crippen molar-refractivity contribution >= 4 is 43.2 Å². The van der Waals surface area contributed by atoms with Gasteiger partial charge >= 0.3 is 6.18 Å². The van der Waals surface area contributed by atoms with Crippen LogP contribution < -0.4 is 0 Å². The average Bonchev–Trinajstić information content (AvgIpc) is 2.66. The van der Waals surface area contributed by atoms with E-state index in [-0.39, 0.29) is 0 Å². The maximum Gasteiger partial charge on any atom is 0.416 e. The minimum atomic E-state index is -4.37. The van der Waals surface area contributed by atoms with Crippen molar-refractivity contribution in [2.45, 2.75) is 19.2 Å². The van der Waals surface area contributed by atoms with Gasteiger partial charge in [-0.05, 0) is 68.1 Å². The molecule has 0 amide bonds. The highest BCUT2D eigenvalue weighted by atomic mass is 79.9. The molecule has 2 rings (SSSR count). The summed E-state index contributed by atoms with van der Waals surface area (Å²) in [4.78, 5) is 0. The van der Waals surface area contributed by atoms with Gasteiger partial charge < -0.3 is 5.11 Å². The molecule has 0 fully saturated rings. The Morgan fingerprint density at radius 1 is 1.15 bits per heavy atom. The lowest BCUT2D eigenvalue weighted by Gasteiger charge is -2.15. The Morgan fingerprint density at radius 3 is 2.25 bits per heavy atom. The summed E-state index contributed by atoms with van der Waals surface area (Å²) >= 11 is 8.04. The number of aliphatic hydroxyl groups is 1. The molecular formula is C13H9Br2F3OS. The summed E-state index contributed by atoms with van der Waals surface area (Å²) in [6.45, 7) is 1.56. The average molecular weight is 430 g/mol. The normalized spacial score (nSPS) is 13.6. The van der Waals surface area contributed by atoms with Gasteiger partial charge in [-0.15, -0.1) is 11.3 Å². The third-order valence-electron chi connectivity index (χ3n) is 2.87. The first-order valence-corrected chi connectivity index (χ1v) is 7.91. The zero-order valence-corrected chi connectivity index (χ0v) is 14.1. The number of aryl methyl sites for hydroxylation is 1. The number of benzene rings is 1. The van der Waals surface area contributed by atoms with Gasteiger partial charge in [0.25, 0.3) is 0 Å². The molecule has 0 aliphatic heterocycles. The molecule has 0 spiro atoms. The molecule has 1 aromatic heterocycles. The Bertz CT molecular complexity index is 637. The smallest absolute Gasteiger partial charge is 0.384 e. The van der Waals surface area contributed by atoms with E-state index in [4.69, 9.17) is 0 Å². The summed E-state index contributed by atoms with van der Waals surface area (Å²) in [5.74, 6) is 0. The number of alkyl halides is 3. The SMILES string of the molecule is Cc1cc(C(F)(F)F)ccc1C(O)c1cc(Br)sc1Br. The van der Waals surface area contributed by atoms with E-state index in [0.29, 0.717) is 16.7 Å². The van der Waals surface area contributed by atoms with Crippen molar-refractivity contribution in [3.63, 3.8) is 0 Å². The largest absolute Gasteiger partial charge is 0.416 e. The molecule has 1 nitrogen and oxygen atoms in total. The summed E-state index contributed by atoms with van der Waals surface area (Å²) in [6, 6.07) is 5.10. The first-order chi connectivity index (χ1) is 9.20. The Hall–Kier alpha value is -0.370. The molecule has 2 aromatic rings. The van der Waals surface area contributed by atoms with Gasteiger partial charge in [0.15, 0.2) is 0 Å². The first kappa shape index (κ1) is 16.0. The van der Waals surface area contributed by atoms with E-state index in [1.807, 2.05) is 0 Å². The Morgan fingerprint density at radius 2 is 1.80 bits per heavy atom. The van der Waals surface area contributed by atoms with Gasteiger partial charge in [0.2, 0.25) is 0 Å². The van der Waals surface area contributed by atoms with Gasteiger partial charge in [-0.25, -0.2) is 0 Å². The van der Waals surface area contributed by atoms with Crippen molar-refractivity contribution in [2.75, 3.05) is 0 Å². The van der Waals surface area contributed by atoms with Crippen LogP contribution >= 0.6 is 43.2 Å². The molecule has 108 valence electrons. The summed E-state index contributed by atoms with van der Waals surface area (Å²) in [5, 5.41) is 10.3.